The molecule has 3 rings (SSSR count). The topological polar surface area (TPSA) is 212 Å². The molecule has 47 heavy (non-hydrogen) atoms. The summed E-state index contributed by atoms with van der Waals surface area (Å²) in [7, 11) is 0. The molecule has 0 saturated heterocycles. The number of H-pyrrole nitrogens is 2. The fourth-order valence-corrected chi connectivity index (χ4v) is 4.72. The second kappa shape index (κ2) is 19.9. The molecule has 14 heteroatoms. The van der Waals surface area contributed by atoms with E-state index in [9.17, 15) is 24.0 Å². The average Bonchev–Trinajstić information content (AvgIpc) is 3.43. The summed E-state index contributed by atoms with van der Waals surface area (Å²) in [5, 5.41) is 8.33. The molecule has 9 N–H and O–H groups in total. The molecule has 0 fully saturated rings. The number of aromatic amines is 2. The van der Waals surface area contributed by atoms with E-state index in [0.29, 0.717) is 46.6 Å². The lowest BCUT2D eigenvalue weighted by molar-refractivity contribution is -0.126. The Labute approximate surface area is 276 Å². The Morgan fingerprint density at radius 1 is 0.766 bits per heavy atom. The Kier molecular flexibility index (Phi) is 16.3. The molecule has 0 spiro atoms. The van der Waals surface area contributed by atoms with E-state index in [4.69, 9.17) is 11.5 Å². The molecule has 1 atom stereocenters. The van der Waals surface area contributed by atoms with Gasteiger partial charge in [-0.2, -0.15) is 0 Å². The van der Waals surface area contributed by atoms with Gasteiger partial charge in [0.15, 0.2) is 5.78 Å². The molecule has 0 bridgehead atoms. The number of benzene rings is 2. The van der Waals surface area contributed by atoms with Gasteiger partial charge in [-0.1, -0.05) is 27.7 Å². The van der Waals surface area contributed by atoms with Gasteiger partial charge in [0.2, 0.25) is 5.91 Å². The van der Waals surface area contributed by atoms with Gasteiger partial charge in [-0.15, -0.1) is 0 Å². The predicted octanol–water partition coefficient (Wildman–Crippen LogP) is 1.90. The number of aromatic nitrogens is 2. The summed E-state index contributed by atoms with van der Waals surface area (Å²) >= 11 is 0. The third-order valence-electron chi connectivity index (χ3n) is 7.65. The van der Waals surface area contributed by atoms with Crippen LogP contribution in [0.4, 0.5) is 11.4 Å². The van der Waals surface area contributed by atoms with Crippen LogP contribution in [-0.4, -0.2) is 102 Å². The first-order valence-corrected chi connectivity index (χ1v) is 16.1. The highest BCUT2D eigenvalue weighted by Gasteiger charge is 2.18. The fourth-order valence-electron chi connectivity index (χ4n) is 4.72. The molecule has 14 nitrogen and oxygen atoms in total. The van der Waals surface area contributed by atoms with Crippen LogP contribution < -0.4 is 33.1 Å². The molecule has 0 aliphatic heterocycles. The Bertz CT molecular complexity index is 1480. The molecule has 3 amide bonds. The van der Waals surface area contributed by atoms with E-state index in [1.165, 1.54) is 6.92 Å². The van der Waals surface area contributed by atoms with Crippen LogP contribution in [0.1, 0.15) is 68.2 Å². The Morgan fingerprint density at radius 3 is 1.72 bits per heavy atom. The minimum atomic E-state index is -1.19. The molecule has 0 radical (unpaired) electrons. The molecule has 1 aromatic heterocycles. The lowest BCUT2D eigenvalue weighted by Crippen LogP contribution is -2.41. The Hall–Kier alpha value is -4.53. The summed E-state index contributed by atoms with van der Waals surface area (Å²) < 4.78 is 0. The number of carbonyl (C=O) groups excluding carboxylic acids is 4. The van der Waals surface area contributed by atoms with Crippen molar-refractivity contribution in [3.05, 3.63) is 58.0 Å². The zero-order chi connectivity index (χ0) is 34.9. The number of amides is 3. The van der Waals surface area contributed by atoms with E-state index in [-0.39, 0.29) is 17.5 Å². The number of anilines is 2. The van der Waals surface area contributed by atoms with E-state index in [0.717, 1.165) is 52.1 Å². The minimum absolute atomic E-state index is 0.201. The summed E-state index contributed by atoms with van der Waals surface area (Å²) in [6.45, 7) is 16.9. The molecular weight excluding hydrogens is 602 g/mol. The molecule has 0 aliphatic carbocycles. The van der Waals surface area contributed by atoms with Gasteiger partial charge >= 0.3 is 5.69 Å². The lowest BCUT2D eigenvalue weighted by Gasteiger charge is -2.18. The summed E-state index contributed by atoms with van der Waals surface area (Å²) in [4.78, 5) is 68.2. The van der Waals surface area contributed by atoms with Crippen LogP contribution in [0.3, 0.4) is 0 Å². The summed E-state index contributed by atoms with van der Waals surface area (Å²) in [6, 6.07) is 8.46. The number of ketones is 1. The van der Waals surface area contributed by atoms with Crippen molar-refractivity contribution in [2.24, 2.45) is 5.73 Å². The van der Waals surface area contributed by atoms with E-state index in [1.54, 1.807) is 36.4 Å². The number of nitrogen functional groups attached to an aromatic ring is 1. The van der Waals surface area contributed by atoms with Crippen molar-refractivity contribution in [1.82, 2.24) is 30.4 Å². The smallest absolute Gasteiger partial charge is 0.323 e. The first-order valence-electron chi connectivity index (χ1n) is 16.1. The first kappa shape index (κ1) is 38.7. The zero-order valence-corrected chi connectivity index (χ0v) is 28.2. The maximum absolute atomic E-state index is 12.4. The van der Waals surface area contributed by atoms with Gasteiger partial charge in [0.1, 0.15) is 6.04 Å². The molecular formula is C33H51N9O5. The Balaban J connectivity index is 0.000000363. The first-order chi connectivity index (χ1) is 22.4. The van der Waals surface area contributed by atoms with Crippen molar-refractivity contribution >= 4 is 45.9 Å². The number of Topliss-reactive ketones (excluding diaryl/α,β-unsaturated/α-hetero) is 1. The van der Waals surface area contributed by atoms with Crippen LogP contribution in [0, 0.1) is 0 Å². The van der Waals surface area contributed by atoms with Gasteiger partial charge in [-0.3, -0.25) is 19.2 Å². The van der Waals surface area contributed by atoms with E-state index >= 15 is 0 Å². The molecule has 2 aromatic carbocycles. The van der Waals surface area contributed by atoms with E-state index < -0.39 is 17.7 Å². The number of imidazole rings is 1. The van der Waals surface area contributed by atoms with E-state index in [2.05, 4.69) is 63.4 Å². The molecule has 1 heterocycles. The number of rotatable bonds is 17. The van der Waals surface area contributed by atoms with Crippen LogP contribution in [0.5, 0.6) is 0 Å². The van der Waals surface area contributed by atoms with Gasteiger partial charge in [0.05, 0.1) is 11.0 Å². The molecule has 0 aliphatic rings. The third kappa shape index (κ3) is 13.0. The standard InChI is InChI=1S/C22H39N5O2.C11H12N4O3/c1-5-26(6-2)13-9-11-24-21(28)18-15-19(17-20(23)16-18)22(29)25-12-10-14-27(7-3)8-4;1-5(16)9(12)10(17)13-6-2-3-7-8(4-6)15-11(18)14-7/h15-17H,5-14,23H2,1-4H3,(H,24,28)(H,25,29);2-4,9H,12H2,1H3,(H,13,17)(H2,14,15,18). The van der Waals surface area contributed by atoms with Crippen molar-refractivity contribution in [3.63, 3.8) is 0 Å². The maximum atomic E-state index is 12.4. The number of nitrogens with two attached hydrogens (primary N) is 2. The van der Waals surface area contributed by atoms with Gasteiger partial charge in [0.25, 0.3) is 11.8 Å². The number of nitrogens with one attached hydrogen (secondary N) is 5. The van der Waals surface area contributed by atoms with Crippen molar-refractivity contribution in [1.29, 1.82) is 0 Å². The van der Waals surface area contributed by atoms with Gasteiger partial charge in [0, 0.05) is 35.6 Å². The van der Waals surface area contributed by atoms with Gasteiger partial charge in [-0.25, -0.2) is 4.79 Å². The fraction of sp³-hybridized carbons (Fsp3) is 0.485. The maximum Gasteiger partial charge on any atom is 0.323 e. The highest BCUT2D eigenvalue weighted by molar-refractivity contribution is 6.10. The SMILES string of the molecule is CC(=O)C(N)C(=O)Nc1ccc2[nH]c(=O)[nH]c2c1.CCN(CC)CCCNC(=O)c1cc(N)cc(C(=O)NCCCN(CC)CC)c1. The van der Waals surface area contributed by atoms with Gasteiger partial charge in [-0.05, 0) is 95.4 Å². The van der Waals surface area contributed by atoms with Crippen molar-refractivity contribution in [2.45, 2.75) is 53.5 Å². The van der Waals surface area contributed by atoms with Crippen LogP contribution in [0.25, 0.3) is 11.0 Å². The number of fused-ring (bicyclic) bond motifs is 1. The zero-order valence-electron chi connectivity index (χ0n) is 28.2. The van der Waals surface area contributed by atoms with Crippen LogP contribution in [0.2, 0.25) is 0 Å². The molecule has 0 saturated carbocycles. The highest BCUT2D eigenvalue weighted by atomic mass is 16.2. The quantitative estimate of drug-likeness (QED) is 0.0643. The third-order valence-corrected chi connectivity index (χ3v) is 7.65. The normalized spacial score (nSPS) is 11.6. The minimum Gasteiger partial charge on any atom is -0.399 e. The largest absolute Gasteiger partial charge is 0.399 e. The molecule has 3 aromatic rings. The average molecular weight is 654 g/mol. The summed E-state index contributed by atoms with van der Waals surface area (Å²) in [5.74, 6) is -1.40. The van der Waals surface area contributed by atoms with Crippen LogP contribution in [0.15, 0.2) is 41.2 Å². The van der Waals surface area contributed by atoms with Crippen molar-refractivity contribution < 1.29 is 19.2 Å². The Morgan fingerprint density at radius 2 is 1.26 bits per heavy atom. The monoisotopic (exact) mass is 653 g/mol. The number of hydrogen-bond donors (Lipinski definition) is 7. The van der Waals surface area contributed by atoms with E-state index in [1.807, 2.05) is 0 Å². The van der Waals surface area contributed by atoms with Crippen molar-refractivity contribution in [2.75, 3.05) is 63.4 Å². The number of nitrogens with zero attached hydrogens (tertiary/aromatic N) is 2. The molecule has 1 unspecified atom stereocenters. The highest BCUT2D eigenvalue weighted by Crippen LogP contribution is 2.15. The van der Waals surface area contributed by atoms with Crippen LogP contribution >= 0.6 is 0 Å². The second-order valence-electron chi connectivity index (χ2n) is 11.0. The predicted molar refractivity (Wildman–Crippen MR) is 187 cm³/mol. The number of carbonyl (C=O) groups is 4. The summed E-state index contributed by atoms with van der Waals surface area (Å²) in [5.41, 5.74) is 13.9. The summed E-state index contributed by atoms with van der Waals surface area (Å²) in [6.07, 6.45) is 1.77. The van der Waals surface area contributed by atoms with Crippen LogP contribution in [-0.2, 0) is 9.59 Å². The van der Waals surface area contributed by atoms with Crippen molar-refractivity contribution in [3.8, 4) is 0 Å². The van der Waals surface area contributed by atoms with Gasteiger partial charge < -0.3 is 47.2 Å². The lowest BCUT2D eigenvalue weighted by atomic mass is 10.1. The number of hydrogen-bond acceptors (Lipinski definition) is 9. The second-order valence-corrected chi connectivity index (χ2v) is 11.0. The molecule has 258 valence electrons.